The molecule has 0 radical (unpaired) electrons. The van der Waals surface area contributed by atoms with E-state index in [1.165, 1.54) is 0 Å². The minimum atomic E-state index is 0.311. The molecule has 1 aromatic rings. The van der Waals surface area contributed by atoms with E-state index in [9.17, 15) is 0 Å². The van der Waals surface area contributed by atoms with E-state index in [0.29, 0.717) is 19.1 Å². The quantitative estimate of drug-likeness (QED) is 0.814. The number of hydrogen-bond acceptors (Lipinski definition) is 5. The number of hydrogen-bond donors (Lipinski definition) is 1. The average molecular weight is 265 g/mol. The molecule has 5 nitrogen and oxygen atoms in total. The average Bonchev–Trinajstić information content (AvgIpc) is 2.63. The Kier molecular flexibility index (Phi) is 5.10. The largest absolute Gasteiger partial charge is 0.475 e. The lowest BCUT2D eigenvalue weighted by molar-refractivity contribution is 0.142. The number of ether oxygens (including phenoxy) is 2. The van der Waals surface area contributed by atoms with Crippen LogP contribution in [0.2, 0.25) is 0 Å². The van der Waals surface area contributed by atoms with E-state index in [1.54, 1.807) is 7.11 Å². The molecule has 1 aromatic heterocycles. The predicted molar refractivity (Wildman–Crippen MR) is 73.8 cm³/mol. The van der Waals surface area contributed by atoms with E-state index in [-0.39, 0.29) is 0 Å². The zero-order valence-electron chi connectivity index (χ0n) is 12.0. The third kappa shape index (κ3) is 3.64. The highest BCUT2D eigenvalue weighted by atomic mass is 16.5. The lowest BCUT2D eigenvalue weighted by atomic mass is 10.1. The first-order chi connectivity index (χ1) is 9.22. The standard InChI is InChI=1S/C14H23N3O2/c1-10(2)13-16-12-5-7-15-6-4-11(12)14(17-13)19-9-8-18-3/h10,15H,4-9H2,1-3H3. The summed E-state index contributed by atoms with van der Waals surface area (Å²) in [4.78, 5) is 9.28. The number of aromatic nitrogens is 2. The third-order valence-corrected chi connectivity index (χ3v) is 3.21. The second kappa shape index (κ2) is 6.82. The fourth-order valence-electron chi connectivity index (χ4n) is 2.13. The number of nitrogens with one attached hydrogen (secondary N) is 1. The Bertz CT molecular complexity index is 421. The van der Waals surface area contributed by atoms with Crippen molar-refractivity contribution in [2.45, 2.75) is 32.6 Å². The minimum Gasteiger partial charge on any atom is -0.475 e. The Morgan fingerprint density at radius 2 is 1.95 bits per heavy atom. The molecule has 0 amide bonds. The molecule has 0 saturated carbocycles. The van der Waals surface area contributed by atoms with E-state index >= 15 is 0 Å². The van der Waals surface area contributed by atoms with Crippen LogP contribution in [0.25, 0.3) is 0 Å². The molecule has 0 atom stereocenters. The van der Waals surface area contributed by atoms with Crippen LogP contribution in [0.3, 0.4) is 0 Å². The maximum atomic E-state index is 5.79. The summed E-state index contributed by atoms with van der Waals surface area (Å²) < 4.78 is 10.8. The van der Waals surface area contributed by atoms with Crippen LogP contribution in [-0.2, 0) is 17.6 Å². The number of fused-ring (bicyclic) bond motifs is 1. The molecule has 0 aliphatic carbocycles. The normalized spacial score (nSPS) is 15.2. The van der Waals surface area contributed by atoms with Gasteiger partial charge in [0.25, 0.3) is 0 Å². The maximum absolute atomic E-state index is 5.79. The Hall–Kier alpha value is -1.20. The van der Waals surface area contributed by atoms with Crippen molar-refractivity contribution in [2.24, 2.45) is 0 Å². The molecule has 0 fully saturated rings. The summed E-state index contributed by atoms with van der Waals surface area (Å²) in [5, 5.41) is 3.39. The van der Waals surface area contributed by atoms with Gasteiger partial charge in [0, 0.05) is 31.6 Å². The van der Waals surface area contributed by atoms with Crippen molar-refractivity contribution in [1.82, 2.24) is 15.3 Å². The summed E-state index contributed by atoms with van der Waals surface area (Å²) in [5.41, 5.74) is 2.29. The summed E-state index contributed by atoms with van der Waals surface area (Å²) in [5.74, 6) is 1.92. The van der Waals surface area contributed by atoms with E-state index in [0.717, 1.165) is 48.9 Å². The van der Waals surface area contributed by atoms with Crippen LogP contribution in [0, 0.1) is 0 Å². The van der Waals surface area contributed by atoms with Gasteiger partial charge in [-0.15, -0.1) is 0 Å². The van der Waals surface area contributed by atoms with E-state index in [2.05, 4.69) is 24.1 Å². The Balaban J connectivity index is 2.29. The van der Waals surface area contributed by atoms with Gasteiger partial charge < -0.3 is 14.8 Å². The molecule has 0 saturated heterocycles. The van der Waals surface area contributed by atoms with Crippen molar-refractivity contribution in [1.29, 1.82) is 0 Å². The molecular formula is C14H23N3O2. The molecule has 106 valence electrons. The molecular weight excluding hydrogens is 242 g/mol. The summed E-state index contributed by atoms with van der Waals surface area (Å²) in [6.07, 6.45) is 1.87. The number of nitrogens with zero attached hydrogens (tertiary/aromatic N) is 2. The smallest absolute Gasteiger partial charge is 0.220 e. The Morgan fingerprint density at radius 1 is 1.16 bits per heavy atom. The van der Waals surface area contributed by atoms with E-state index < -0.39 is 0 Å². The topological polar surface area (TPSA) is 56.3 Å². The maximum Gasteiger partial charge on any atom is 0.220 e. The molecule has 19 heavy (non-hydrogen) atoms. The first-order valence-electron chi connectivity index (χ1n) is 6.94. The van der Waals surface area contributed by atoms with Crippen LogP contribution < -0.4 is 10.1 Å². The first kappa shape index (κ1) is 14.2. The number of methoxy groups -OCH3 is 1. The monoisotopic (exact) mass is 265 g/mol. The van der Waals surface area contributed by atoms with Crippen molar-refractivity contribution in [2.75, 3.05) is 33.4 Å². The summed E-state index contributed by atoms with van der Waals surface area (Å²) in [6, 6.07) is 0. The van der Waals surface area contributed by atoms with Gasteiger partial charge in [0.1, 0.15) is 12.4 Å². The van der Waals surface area contributed by atoms with Gasteiger partial charge >= 0.3 is 0 Å². The predicted octanol–water partition coefficient (Wildman–Crippen LogP) is 1.31. The van der Waals surface area contributed by atoms with Gasteiger partial charge in [-0.1, -0.05) is 13.8 Å². The molecule has 1 N–H and O–H groups in total. The van der Waals surface area contributed by atoms with Crippen molar-refractivity contribution in [3.8, 4) is 5.88 Å². The minimum absolute atomic E-state index is 0.311. The van der Waals surface area contributed by atoms with Crippen LogP contribution in [0.1, 0.15) is 36.8 Å². The van der Waals surface area contributed by atoms with Gasteiger partial charge in [-0.25, -0.2) is 4.98 Å². The van der Waals surface area contributed by atoms with Gasteiger partial charge in [0.2, 0.25) is 5.88 Å². The molecule has 0 spiro atoms. The summed E-state index contributed by atoms with van der Waals surface area (Å²) in [6.45, 7) is 7.25. The SMILES string of the molecule is COCCOc1nc(C(C)C)nc2c1CCNCC2. The van der Waals surface area contributed by atoms with Crippen molar-refractivity contribution in [3.05, 3.63) is 17.1 Å². The molecule has 5 heteroatoms. The van der Waals surface area contributed by atoms with Crippen LogP contribution in [0.4, 0.5) is 0 Å². The molecule has 0 aromatic carbocycles. The second-order valence-electron chi connectivity index (χ2n) is 5.06. The molecule has 1 aliphatic heterocycles. The van der Waals surface area contributed by atoms with E-state index in [4.69, 9.17) is 14.5 Å². The van der Waals surface area contributed by atoms with Crippen molar-refractivity contribution < 1.29 is 9.47 Å². The molecule has 2 rings (SSSR count). The number of rotatable bonds is 5. The van der Waals surface area contributed by atoms with Gasteiger partial charge in [-0.3, -0.25) is 0 Å². The zero-order valence-corrected chi connectivity index (χ0v) is 12.0. The zero-order chi connectivity index (χ0) is 13.7. The van der Waals surface area contributed by atoms with Crippen LogP contribution in [-0.4, -0.2) is 43.4 Å². The van der Waals surface area contributed by atoms with E-state index in [1.807, 2.05) is 0 Å². The summed E-state index contributed by atoms with van der Waals surface area (Å²) >= 11 is 0. The van der Waals surface area contributed by atoms with Crippen LogP contribution in [0.15, 0.2) is 0 Å². The fourth-order valence-corrected chi connectivity index (χ4v) is 2.13. The third-order valence-electron chi connectivity index (χ3n) is 3.21. The first-order valence-corrected chi connectivity index (χ1v) is 6.94. The second-order valence-corrected chi connectivity index (χ2v) is 5.06. The Labute approximate surface area is 114 Å². The van der Waals surface area contributed by atoms with Gasteiger partial charge in [-0.2, -0.15) is 4.98 Å². The van der Waals surface area contributed by atoms with Crippen LogP contribution in [0.5, 0.6) is 5.88 Å². The Morgan fingerprint density at radius 3 is 2.68 bits per heavy atom. The van der Waals surface area contributed by atoms with Crippen molar-refractivity contribution in [3.63, 3.8) is 0 Å². The molecule has 1 aliphatic rings. The fraction of sp³-hybridized carbons (Fsp3) is 0.714. The molecule has 0 unspecified atom stereocenters. The summed E-state index contributed by atoms with van der Waals surface area (Å²) in [7, 11) is 1.67. The van der Waals surface area contributed by atoms with Gasteiger partial charge in [0.15, 0.2) is 0 Å². The van der Waals surface area contributed by atoms with Gasteiger partial charge in [-0.05, 0) is 13.0 Å². The molecule has 0 bridgehead atoms. The molecule has 2 heterocycles. The highest BCUT2D eigenvalue weighted by molar-refractivity contribution is 5.33. The van der Waals surface area contributed by atoms with Crippen molar-refractivity contribution >= 4 is 0 Å². The highest BCUT2D eigenvalue weighted by Gasteiger charge is 2.18. The lowest BCUT2D eigenvalue weighted by Crippen LogP contribution is -2.16. The highest BCUT2D eigenvalue weighted by Crippen LogP contribution is 2.24. The van der Waals surface area contributed by atoms with Gasteiger partial charge in [0.05, 0.1) is 12.3 Å². The lowest BCUT2D eigenvalue weighted by Gasteiger charge is -2.15. The van der Waals surface area contributed by atoms with Crippen LogP contribution >= 0.6 is 0 Å².